The van der Waals surface area contributed by atoms with Crippen LogP contribution in [0, 0.1) is 0 Å². The normalized spacial score (nSPS) is 9.46. The number of halogens is 2. The molecular weight excluding hydrogens is 215 g/mol. The van der Waals surface area contributed by atoms with E-state index in [1.807, 2.05) is 5.43 Å². The van der Waals surface area contributed by atoms with Gasteiger partial charge in [0.25, 0.3) is 0 Å². The molecule has 4 N–H and O–H groups in total. The summed E-state index contributed by atoms with van der Waals surface area (Å²) in [6, 6.07) is -0.602. The molecule has 0 atom stereocenters. The summed E-state index contributed by atoms with van der Waals surface area (Å²) in [5, 5.41) is 2.84. The van der Waals surface area contributed by atoms with Gasteiger partial charge in [0.15, 0.2) is 0 Å². The fourth-order valence-corrected chi connectivity index (χ4v) is 1.14. The molecule has 7 heteroatoms. The van der Waals surface area contributed by atoms with Crippen molar-refractivity contribution in [2.45, 2.75) is 0 Å². The first-order valence-corrected chi connectivity index (χ1v) is 3.97. The first-order chi connectivity index (χ1) is 6.15. The van der Waals surface area contributed by atoms with Crippen molar-refractivity contribution in [3.8, 4) is 0 Å². The van der Waals surface area contributed by atoms with Crippen molar-refractivity contribution in [1.29, 1.82) is 0 Å². The minimum Gasteiger partial charge on any atom is -0.304 e. The predicted molar refractivity (Wildman–Crippen MR) is 50.6 cm³/mol. The lowest BCUT2D eigenvalue weighted by atomic mass is 10.4. The number of hydrazine groups is 1. The summed E-state index contributed by atoms with van der Waals surface area (Å²) in [6.45, 7) is 0. The van der Waals surface area contributed by atoms with Gasteiger partial charge in [-0.25, -0.2) is 10.6 Å². The van der Waals surface area contributed by atoms with Crippen LogP contribution in [0.5, 0.6) is 0 Å². The Balaban J connectivity index is 2.93. The average Bonchev–Trinajstić information content (AvgIpc) is 2.11. The fourth-order valence-electron chi connectivity index (χ4n) is 0.680. The van der Waals surface area contributed by atoms with Crippen LogP contribution in [0.3, 0.4) is 0 Å². The zero-order valence-electron chi connectivity index (χ0n) is 6.34. The highest BCUT2D eigenvalue weighted by molar-refractivity contribution is 6.39. The number of hydrogen-bond acceptors (Lipinski definition) is 3. The van der Waals surface area contributed by atoms with Gasteiger partial charge in [0.1, 0.15) is 0 Å². The number of nitrogens with zero attached hydrogens (tertiary/aromatic N) is 1. The van der Waals surface area contributed by atoms with E-state index in [0.717, 1.165) is 0 Å². The second-order valence-corrected chi connectivity index (χ2v) is 2.89. The molecule has 0 saturated heterocycles. The Bertz CT molecular complexity index is 310. The molecule has 1 rings (SSSR count). The summed E-state index contributed by atoms with van der Waals surface area (Å²) in [5.41, 5.74) is 2.16. The maximum atomic E-state index is 10.8. The van der Waals surface area contributed by atoms with Crippen LogP contribution in [0.2, 0.25) is 10.0 Å². The average molecular weight is 221 g/mol. The van der Waals surface area contributed by atoms with Crippen LogP contribution < -0.4 is 16.6 Å². The number of urea groups is 1. The molecule has 0 aliphatic carbocycles. The molecule has 5 nitrogen and oxygen atoms in total. The Morgan fingerprint density at radius 2 is 1.92 bits per heavy atom. The van der Waals surface area contributed by atoms with Gasteiger partial charge in [0.05, 0.1) is 15.7 Å². The lowest BCUT2D eigenvalue weighted by Gasteiger charge is -2.06. The number of nitrogens with two attached hydrogens (primary N) is 1. The van der Waals surface area contributed by atoms with Crippen molar-refractivity contribution in [2.75, 3.05) is 5.32 Å². The summed E-state index contributed by atoms with van der Waals surface area (Å²) in [6.07, 6.45) is 2.72. The highest BCUT2D eigenvalue weighted by atomic mass is 35.5. The van der Waals surface area contributed by atoms with Crippen LogP contribution in [0.4, 0.5) is 10.5 Å². The SMILES string of the molecule is NNC(=O)Nc1c(Cl)cncc1Cl. The Kier molecular flexibility index (Phi) is 3.30. The van der Waals surface area contributed by atoms with Gasteiger partial charge in [-0.1, -0.05) is 23.2 Å². The molecule has 13 heavy (non-hydrogen) atoms. The van der Waals surface area contributed by atoms with E-state index in [0.29, 0.717) is 0 Å². The Hall–Kier alpha value is -1.04. The second kappa shape index (κ2) is 4.27. The molecule has 0 saturated carbocycles. The molecule has 70 valence electrons. The summed E-state index contributed by atoms with van der Waals surface area (Å²) in [4.78, 5) is 14.5. The largest absolute Gasteiger partial charge is 0.333 e. The minimum atomic E-state index is -0.602. The van der Waals surface area contributed by atoms with E-state index in [-0.39, 0.29) is 15.7 Å². The predicted octanol–water partition coefficient (Wildman–Crippen LogP) is 1.38. The van der Waals surface area contributed by atoms with Gasteiger partial charge >= 0.3 is 6.03 Å². The topological polar surface area (TPSA) is 80.0 Å². The monoisotopic (exact) mass is 220 g/mol. The van der Waals surface area contributed by atoms with Crippen molar-refractivity contribution in [3.63, 3.8) is 0 Å². The number of pyridine rings is 1. The first-order valence-electron chi connectivity index (χ1n) is 3.21. The molecule has 0 fully saturated rings. The fraction of sp³-hybridized carbons (Fsp3) is 0. The lowest BCUT2D eigenvalue weighted by molar-refractivity contribution is 0.252. The summed E-state index contributed by atoms with van der Waals surface area (Å²) < 4.78 is 0. The van der Waals surface area contributed by atoms with E-state index in [9.17, 15) is 4.79 Å². The Morgan fingerprint density at radius 3 is 2.38 bits per heavy atom. The zero-order chi connectivity index (χ0) is 9.84. The number of amides is 2. The van der Waals surface area contributed by atoms with E-state index < -0.39 is 6.03 Å². The quantitative estimate of drug-likeness (QED) is 0.380. The first kappa shape index (κ1) is 10.0. The van der Waals surface area contributed by atoms with Gasteiger partial charge in [0, 0.05) is 12.4 Å². The van der Waals surface area contributed by atoms with E-state index in [1.165, 1.54) is 12.4 Å². The smallest absolute Gasteiger partial charge is 0.304 e. The summed E-state index contributed by atoms with van der Waals surface area (Å²) in [5.74, 6) is 4.86. The third-order valence-electron chi connectivity index (χ3n) is 1.22. The van der Waals surface area contributed by atoms with Crippen LogP contribution in [-0.2, 0) is 0 Å². The zero-order valence-corrected chi connectivity index (χ0v) is 7.86. The Morgan fingerprint density at radius 1 is 1.38 bits per heavy atom. The highest BCUT2D eigenvalue weighted by Crippen LogP contribution is 2.28. The van der Waals surface area contributed by atoms with E-state index in [4.69, 9.17) is 29.0 Å². The second-order valence-electron chi connectivity index (χ2n) is 2.08. The van der Waals surface area contributed by atoms with Crippen LogP contribution in [0.15, 0.2) is 12.4 Å². The molecular formula is C6H6Cl2N4O. The summed E-state index contributed by atoms with van der Waals surface area (Å²) >= 11 is 11.4. The van der Waals surface area contributed by atoms with E-state index >= 15 is 0 Å². The molecule has 2 amide bonds. The number of carbonyl (C=O) groups is 1. The van der Waals surface area contributed by atoms with Crippen molar-refractivity contribution >= 4 is 34.9 Å². The van der Waals surface area contributed by atoms with Gasteiger partial charge in [-0.2, -0.15) is 0 Å². The van der Waals surface area contributed by atoms with Gasteiger partial charge in [-0.3, -0.25) is 10.4 Å². The molecule has 0 spiro atoms. The maximum Gasteiger partial charge on any atom is 0.333 e. The number of hydrogen-bond donors (Lipinski definition) is 3. The molecule has 0 radical (unpaired) electrons. The minimum absolute atomic E-state index is 0.246. The van der Waals surface area contributed by atoms with Crippen LogP contribution in [0.25, 0.3) is 0 Å². The highest BCUT2D eigenvalue weighted by Gasteiger charge is 2.08. The number of anilines is 1. The molecule has 1 aromatic rings. The van der Waals surface area contributed by atoms with Gasteiger partial charge < -0.3 is 5.32 Å². The van der Waals surface area contributed by atoms with Crippen molar-refractivity contribution in [2.24, 2.45) is 5.84 Å². The van der Waals surface area contributed by atoms with Crippen LogP contribution in [0.1, 0.15) is 0 Å². The molecule has 0 bridgehead atoms. The third kappa shape index (κ3) is 2.45. The molecule has 1 aromatic heterocycles. The number of rotatable bonds is 1. The van der Waals surface area contributed by atoms with Crippen molar-refractivity contribution in [3.05, 3.63) is 22.4 Å². The van der Waals surface area contributed by atoms with Crippen molar-refractivity contribution < 1.29 is 4.79 Å². The lowest BCUT2D eigenvalue weighted by Crippen LogP contribution is -2.34. The van der Waals surface area contributed by atoms with E-state index in [2.05, 4.69) is 10.3 Å². The van der Waals surface area contributed by atoms with E-state index in [1.54, 1.807) is 0 Å². The van der Waals surface area contributed by atoms with Gasteiger partial charge in [-0.15, -0.1) is 0 Å². The number of nitrogens with one attached hydrogen (secondary N) is 2. The molecule has 0 aliphatic heterocycles. The van der Waals surface area contributed by atoms with Crippen LogP contribution in [-0.4, -0.2) is 11.0 Å². The number of carbonyl (C=O) groups excluding carboxylic acids is 1. The molecule has 0 aromatic carbocycles. The Labute approximate surface area is 84.2 Å². The van der Waals surface area contributed by atoms with Crippen LogP contribution >= 0.6 is 23.2 Å². The molecule has 1 heterocycles. The summed E-state index contributed by atoms with van der Waals surface area (Å²) in [7, 11) is 0. The standard InChI is InChI=1S/C6H6Cl2N4O/c7-3-1-10-2-4(8)5(3)11-6(13)12-9/h1-2H,9H2,(H2,10,11,12,13). The number of aromatic nitrogens is 1. The maximum absolute atomic E-state index is 10.8. The van der Waals surface area contributed by atoms with Gasteiger partial charge in [0.2, 0.25) is 0 Å². The third-order valence-corrected chi connectivity index (χ3v) is 1.80. The molecule has 0 unspecified atom stereocenters. The van der Waals surface area contributed by atoms with Gasteiger partial charge in [-0.05, 0) is 0 Å². The molecule has 0 aliphatic rings. The van der Waals surface area contributed by atoms with Crippen molar-refractivity contribution in [1.82, 2.24) is 10.4 Å².